The molecule has 1 aliphatic carbocycles. The van der Waals surface area contributed by atoms with Crippen molar-refractivity contribution in [2.45, 2.75) is 25.3 Å². The number of halogens is 1. The van der Waals surface area contributed by atoms with Crippen LogP contribution >= 0.6 is 0 Å². The Morgan fingerprint density at radius 3 is 2.85 bits per heavy atom. The van der Waals surface area contributed by atoms with Gasteiger partial charge in [0.15, 0.2) is 0 Å². The summed E-state index contributed by atoms with van der Waals surface area (Å²) in [7, 11) is 0. The molecule has 2 atom stereocenters. The molecule has 0 heterocycles. The van der Waals surface area contributed by atoms with Gasteiger partial charge in [-0.15, -0.1) is 0 Å². The first-order valence-electron chi connectivity index (χ1n) is 6.91. The normalized spacial score (nSPS) is 18.1. The molecule has 2 N–H and O–H groups in total. The number of hydrogen-bond donors (Lipinski definition) is 1. The Hall–Kier alpha value is -1.87. The SMILES string of the molecule is C[C@@H](N)c1cc(F)ccc1OCC1Cc2ccccc21. The second kappa shape index (κ2) is 5.25. The largest absolute Gasteiger partial charge is 0.493 e. The summed E-state index contributed by atoms with van der Waals surface area (Å²) in [6, 6.07) is 12.7. The zero-order valence-corrected chi connectivity index (χ0v) is 11.5. The second-order valence-electron chi connectivity index (χ2n) is 5.38. The van der Waals surface area contributed by atoms with E-state index in [1.54, 1.807) is 6.07 Å². The predicted octanol–water partition coefficient (Wildman–Crippen LogP) is 3.56. The van der Waals surface area contributed by atoms with Crippen LogP contribution in [0.1, 0.15) is 35.6 Å². The van der Waals surface area contributed by atoms with Crippen molar-refractivity contribution in [2.24, 2.45) is 5.73 Å². The third kappa shape index (κ3) is 2.41. The lowest BCUT2D eigenvalue weighted by molar-refractivity contribution is 0.271. The maximum Gasteiger partial charge on any atom is 0.124 e. The van der Waals surface area contributed by atoms with Crippen LogP contribution in [0.25, 0.3) is 0 Å². The van der Waals surface area contributed by atoms with Gasteiger partial charge in [0, 0.05) is 17.5 Å². The number of fused-ring (bicyclic) bond motifs is 1. The van der Waals surface area contributed by atoms with E-state index in [4.69, 9.17) is 10.5 Å². The van der Waals surface area contributed by atoms with Gasteiger partial charge < -0.3 is 10.5 Å². The molecule has 20 heavy (non-hydrogen) atoms. The highest BCUT2D eigenvalue weighted by molar-refractivity contribution is 5.41. The monoisotopic (exact) mass is 271 g/mol. The molecule has 0 spiro atoms. The van der Waals surface area contributed by atoms with Gasteiger partial charge in [0.2, 0.25) is 0 Å². The molecule has 0 radical (unpaired) electrons. The topological polar surface area (TPSA) is 35.2 Å². The molecule has 0 aliphatic heterocycles. The minimum atomic E-state index is -0.279. The highest BCUT2D eigenvalue weighted by Gasteiger charge is 2.26. The quantitative estimate of drug-likeness (QED) is 0.922. The highest BCUT2D eigenvalue weighted by atomic mass is 19.1. The van der Waals surface area contributed by atoms with Gasteiger partial charge in [-0.25, -0.2) is 4.39 Å². The van der Waals surface area contributed by atoms with Crippen molar-refractivity contribution in [3.63, 3.8) is 0 Å². The molecule has 0 saturated carbocycles. The van der Waals surface area contributed by atoms with Crippen LogP contribution in [0.4, 0.5) is 4.39 Å². The first-order valence-corrected chi connectivity index (χ1v) is 6.91. The fourth-order valence-corrected chi connectivity index (χ4v) is 2.71. The molecular formula is C17H18FNO. The molecule has 1 aliphatic rings. The first kappa shape index (κ1) is 13.1. The smallest absolute Gasteiger partial charge is 0.124 e. The molecular weight excluding hydrogens is 253 g/mol. The Balaban J connectivity index is 1.71. The molecule has 2 aromatic rings. The lowest BCUT2D eigenvalue weighted by Gasteiger charge is -2.30. The molecule has 0 saturated heterocycles. The van der Waals surface area contributed by atoms with E-state index >= 15 is 0 Å². The summed E-state index contributed by atoms with van der Waals surface area (Å²) in [4.78, 5) is 0. The van der Waals surface area contributed by atoms with Gasteiger partial charge >= 0.3 is 0 Å². The number of nitrogens with two attached hydrogens (primary N) is 1. The van der Waals surface area contributed by atoms with E-state index in [2.05, 4.69) is 24.3 Å². The maximum absolute atomic E-state index is 13.3. The summed E-state index contributed by atoms with van der Waals surface area (Å²) in [5.41, 5.74) is 9.34. The first-order chi connectivity index (χ1) is 9.65. The molecule has 0 amide bonds. The van der Waals surface area contributed by atoms with Crippen LogP contribution < -0.4 is 10.5 Å². The molecule has 3 rings (SSSR count). The third-order valence-corrected chi connectivity index (χ3v) is 3.86. The zero-order chi connectivity index (χ0) is 14.1. The summed E-state index contributed by atoms with van der Waals surface area (Å²) in [6.45, 7) is 2.45. The Morgan fingerprint density at radius 2 is 2.10 bits per heavy atom. The predicted molar refractivity (Wildman–Crippen MR) is 77.4 cm³/mol. The van der Waals surface area contributed by atoms with E-state index in [1.807, 2.05) is 6.92 Å². The fraction of sp³-hybridized carbons (Fsp3) is 0.294. The lowest BCUT2D eigenvalue weighted by Crippen LogP contribution is -2.23. The average Bonchev–Trinajstić information content (AvgIpc) is 2.41. The zero-order valence-electron chi connectivity index (χ0n) is 11.5. The van der Waals surface area contributed by atoms with E-state index in [9.17, 15) is 4.39 Å². The summed E-state index contributed by atoms with van der Waals surface area (Å²) in [5, 5.41) is 0. The summed E-state index contributed by atoms with van der Waals surface area (Å²) >= 11 is 0. The van der Waals surface area contributed by atoms with Gasteiger partial charge in [-0.05, 0) is 42.7 Å². The lowest BCUT2D eigenvalue weighted by atomic mass is 9.78. The summed E-state index contributed by atoms with van der Waals surface area (Å²) < 4.78 is 19.1. The van der Waals surface area contributed by atoms with E-state index < -0.39 is 0 Å². The van der Waals surface area contributed by atoms with Gasteiger partial charge in [0.1, 0.15) is 11.6 Å². The van der Waals surface area contributed by atoms with Gasteiger partial charge in [0.25, 0.3) is 0 Å². The molecule has 0 bridgehead atoms. The van der Waals surface area contributed by atoms with E-state index in [-0.39, 0.29) is 11.9 Å². The van der Waals surface area contributed by atoms with Gasteiger partial charge in [0.05, 0.1) is 6.61 Å². The van der Waals surface area contributed by atoms with Gasteiger partial charge in [-0.1, -0.05) is 24.3 Å². The van der Waals surface area contributed by atoms with Crippen molar-refractivity contribution in [3.05, 3.63) is 65.0 Å². The van der Waals surface area contributed by atoms with Crippen LogP contribution in [-0.4, -0.2) is 6.61 Å². The summed E-state index contributed by atoms with van der Waals surface area (Å²) in [6.07, 6.45) is 1.05. The van der Waals surface area contributed by atoms with Crippen LogP contribution in [0, 0.1) is 5.82 Å². The van der Waals surface area contributed by atoms with Gasteiger partial charge in [-0.2, -0.15) is 0 Å². The average molecular weight is 271 g/mol. The van der Waals surface area contributed by atoms with E-state index in [0.29, 0.717) is 18.3 Å². The molecule has 1 unspecified atom stereocenters. The number of benzene rings is 2. The Labute approximate surface area is 118 Å². The van der Waals surface area contributed by atoms with Gasteiger partial charge in [-0.3, -0.25) is 0 Å². The van der Waals surface area contributed by atoms with E-state index in [0.717, 1.165) is 12.0 Å². The Kier molecular flexibility index (Phi) is 3.45. The molecule has 104 valence electrons. The van der Waals surface area contributed by atoms with Crippen molar-refractivity contribution < 1.29 is 9.13 Å². The minimum Gasteiger partial charge on any atom is -0.493 e. The standard InChI is InChI=1S/C17H18FNO/c1-11(19)16-9-14(18)6-7-17(16)20-10-13-8-12-4-2-3-5-15(12)13/h2-7,9,11,13H,8,10,19H2,1H3/t11-,13?/m1/s1. The third-order valence-electron chi connectivity index (χ3n) is 3.86. The minimum absolute atomic E-state index is 0.241. The van der Waals surface area contributed by atoms with Crippen molar-refractivity contribution in [1.29, 1.82) is 0 Å². The number of ether oxygens (including phenoxy) is 1. The van der Waals surface area contributed by atoms with Crippen LogP contribution in [-0.2, 0) is 6.42 Å². The number of hydrogen-bond acceptors (Lipinski definition) is 2. The van der Waals surface area contributed by atoms with Crippen LogP contribution in [0.3, 0.4) is 0 Å². The van der Waals surface area contributed by atoms with Crippen molar-refractivity contribution >= 4 is 0 Å². The molecule has 0 aromatic heterocycles. The van der Waals surface area contributed by atoms with Crippen molar-refractivity contribution in [3.8, 4) is 5.75 Å². The molecule has 2 aromatic carbocycles. The van der Waals surface area contributed by atoms with Crippen molar-refractivity contribution in [1.82, 2.24) is 0 Å². The Morgan fingerprint density at radius 1 is 1.30 bits per heavy atom. The van der Waals surface area contributed by atoms with Crippen molar-refractivity contribution in [2.75, 3.05) is 6.61 Å². The molecule has 3 heteroatoms. The second-order valence-corrected chi connectivity index (χ2v) is 5.38. The molecule has 0 fully saturated rings. The molecule has 2 nitrogen and oxygen atoms in total. The van der Waals surface area contributed by atoms with Crippen LogP contribution in [0.2, 0.25) is 0 Å². The van der Waals surface area contributed by atoms with Crippen LogP contribution in [0.15, 0.2) is 42.5 Å². The number of rotatable bonds is 4. The Bertz CT molecular complexity index is 624. The fourth-order valence-electron chi connectivity index (χ4n) is 2.71. The summed E-state index contributed by atoms with van der Waals surface area (Å²) in [5.74, 6) is 0.835. The highest BCUT2D eigenvalue weighted by Crippen LogP contribution is 2.35. The maximum atomic E-state index is 13.3. The van der Waals surface area contributed by atoms with Crippen LogP contribution in [0.5, 0.6) is 5.75 Å². The van der Waals surface area contributed by atoms with E-state index in [1.165, 1.54) is 23.3 Å².